The van der Waals surface area contributed by atoms with Gasteiger partial charge in [0.05, 0.1) is 0 Å². The molecule has 1 aromatic rings. The van der Waals surface area contributed by atoms with Crippen molar-refractivity contribution in [3.8, 4) is 0 Å². The third-order valence-electron chi connectivity index (χ3n) is 2.85. The highest BCUT2D eigenvalue weighted by Crippen LogP contribution is 2.19. The maximum atomic E-state index is 3.92. The summed E-state index contributed by atoms with van der Waals surface area (Å²) in [6, 6.07) is 10.6. The van der Waals surface area contributed by atoms with Crippen LogP contribution in [0.4, 0.5) is 0 Å². The van der Waals surface area contributed by atoms with Gasteiger partial charge in [-0.25, -0.2) is 0 Å². The molecule has 0 aliphatic carbocycles. The predicted molar refractivity (Wildman–Crippen MR) is 71.8 cm³/mol. The van der Waals surface area contributed by atoms with Gasteiger partial charge in [0.15, 0.2) is 0 Å². The van der Waals surface area contributed by atoms with Gasteiger partial charge in [-0.15, -0.1) is 6.58 Å². The summed E-state index contributed by atoms with van der Waals surface area (Å²) in [6.07, 6.45) is 5.72. The first kappa shape index (κ1) is 13.0. The third-order valence-corrected chi connectivity index (χ3v) is 2.85. The summed E-state index contributed by atoms with van der Waals surface area (Å²) in [7, 11) is 0. The van der Waals surface area contributed by atoms with Crippen molar-refractivity contribution in [3.05, 3.63) is 48.6 Å². The van der Waals surface area contributed by atoms with Gasteiger partial charge in [-0.05, 0) is 31.5 Å². The molecule has 88 valence electrons. The first-order chi connectivity index (χ1) is 7.88. The van der Waals surface area contributed by atoms with Crippen molar-refractivity contribution in [2.24, 2.45) is 0 Å². The Labute approximate surface area is 99.6 Å². The average Bonchev–Trinajstić information content (AvgIpc) is 2.35. The second-order valence-corrected chi connectivity index (χ2v) is 4.15. The van der Waals surface area contributed by atoms with Crippen LogP contribution >= 0.6 is 0 Å². The van der Waals surface area contributed by atoms with Gasteiger partial charge in [0.2, 0.25) is 0 Å². The Morgan fingerprint density at radius 3 is 2.62 bits per heavy atom. The van der Waals surface area contributed by atoms with Gasteiger partial charge in [0.1, 0.15) is 0 Å². The Balaban J connectivity index is 2.30. The van der Waals surface area contributed by atoms with Crippen LogP contribution in [0.3, 0.4) is 0 Å². The zero-order chi connectivity index (χ0) is 11.6. The van der Waals surface area contributed by atoms with Crippen molar-refractivity contribution >= 4 is 0 Å². The Morgan fingerprint density at radius 1 is 1.25 bits per heavy atom. The van der Waals surface area contributed by atoms with Crippen molar-refractivity contribution in [1.82, 2.24) is 5.32 Å². The van der Waals surface area contributed by atoms with Gasteiger partial charge >= 0.3 is 0 Å². The SMILES string of the molecule is C=CC(CCNCCCC)c1ccccc1. The van der Waals surface area contributed by atoms with E-state index in [-0.39, 0.29) is 0 Å². The summed E-state index contributed by atoms with van der Waals surface area (Å²) >= 11 is 0. The number of hydrogen-bond acceptors (Lipinski definition) is 1. The Bertz CT molecular complexity index is 279. The number of unbranched alkanes of at least 4 members (excludes halogenated alkanes) is 1. The molecule has 0 heterocycles. The van der Waals surface area contributed by atoms with Crippen LogP contribution in [0.5, 0.6) is 0 Å². The Kier molecular flexibility index (Phi) is 6.59. The highest BCUT2D eigenvalue weighted by atomic mass is 14.8. The summed E-state index contributed by atoms with van der Waals surface area (Å²) in [4.78, 5) is 0. The van der Waals surface area contributed by atoms with Crippen LogP contribution in [-0.4, -0.2) is 13.1 Å². The van der Waals surface area contributed by atoms with Crippen LogP contribution < -0.4 is 5.32 Å². The van der Waals surface area contributed by atoms with E-state index in [2.05, 4.69) is 55.2 Å². The summed E-state index contributed by atoms with van der Waals surface area (Å²) < 4.78 is 0. The molecule has 0 aliphatic rings. The summed E-state index contributed by atoms with van der Waals surface area (Å²) in [5.74, 6) is 0.482. The average molecular weight is 217 g/mol. The van der Waals surface area contributed by atoms with E-state index in [9.17, 15) is 0 Å². The van der Waals surface area contributed by atoms with Crippen molar-refractivity contribution in [2.45, 2.75) is 32.1 Å². The van der Waals surface area contributed by atoms with E-state index >= 15 is 0 Å². The normalized spacial score (nSPS) is 12.3. The van der Waals surface area contributed by atoms with E-state index < -0.39 is 0 Å². The van der Waals surface area contributed by atoms with E-state index in [1.807, 2.05) is 0 Å². The molecule has 1 atom stereocenters. The van der Waals surface area contributed by atoms with E-state index in [4.69, 9.17) is 0 Å². The van der Waals surface area contributed by atoms with Gasteiger partial charge in [0, 0.05) is 5.92 Å². The smallest absolute Gasteiger partial charge is 0.00273 e. The monoisotopic (exact) mass is 217 g/mol. The van der Waals surface area contributed by atoms with Crippen LogP contribution in [0.2, 0.25) is 0 Å². The number of allylic oxidation sites excluding steroid dienone is 1. The molecule has 0 radical (unpaired) electrons. The van der Waals surface area contributed by atoms with Gasteiger partial charge in [-0.3, -0.25) is 0 Å². The fraction of sp³-hybridized carbons (Fsp3) is 0.467. The van der Waals surface area contributed by atoms with Crippen molar-refractivity contribution in [1.29, 1.82) is 0 Å². The summed E-state index contributed by atoms with van der Waals surface area (Å²) in [5, 5.41) is 3.47. The van der Waals surface area contributed by atoms with E-state index in [0.29, 0.717) is 5.92 Å². The van der Waals surface area contributed by atoms with Crippen LogP contribution in [0.1, 0.15) is 37.7 Å². The fourth-order valence-corrected chi connectivity index (χ4v) is 1.81. The lowest BCUT2D eigenvalue weighted by molar-refractivity contribution is 0.597. The minimum atomic E-state index is 0.482. The van der Waals surface area contributed by atoms with Gasteiger partial charge < -0.3 is 5.32 Å². The van der Waals surface area contributed by atoms with Crippen LogP contribution in [0.25, 0.3) is 0 Å². The molecule has 1 unspecified atom stereocenters. The van der Waals surface area contributed by atoms with Gasteiger partial charge in [-0.1, -0.05) is 49.8 Å². The second kappa shape index (κ2) is 8.12. The molecule has 0 spiro atoms. The first-order valence-electron chi connectivity index (χ1n) is 6.26. The standard InChI is InChI=1S/C15H23N/c1-3-5-12-16-13-11-14(4-2)15-9-7-6-8-10-15/h4,6-10,14,16H,2-3,5,11-13H2,1H3. The third kappa shape index (κ3) is 4.63. The molecule has 1 rings (SSSR count). The molecular formula is C15H23N. The van der Waals surface area contributed by atoms with E-state index in [0.717, 1.165) is 19.5 Å². The fourth-order valence-electron chi connectivity index (χ4n) is 1.81. The van der Waals surface area contributed by atoms with Crippen LogP contribution in [-0.2, 0) is 0 Å². The molecule has 16 heavy (non-hydrogen) atoms. The maximum Gasteiger partial charge on any atom is 0.00273 e. The van der Waals surface area contributed by atoms with Crippen molar-refractivity contribution in [3.63, 3.8) is 0 Å². The molecule has 0 saturated heterocycles. The van der Waals surface area contributed by atoms with Crippen molar-refractivity contribution in [2.75, 3.05) is 13.1 Å². The van der Waals surface area contributed by atoms with E-state index in [1.165, 1.54) is 18.4 Å². The molecule has 1 N–H and O–H groups in total. The molecule has 0 aromatic heterocycles. The molecule has 0 aliphatic heterocycles. The van der Waals surface area contributed by atoms with Gasteiger partial charge in [0.25, 0.3) is 0 Å². The predicted octanol–water partition coefficient (Wildman–Crippen LogP) is 3.74. The topological polar surface area (TPSA) is 12.0 Å². The minimum Gasteiger partial charge on any atom is -0.317 e. The molecule has 0 saturated carbocycles. The number of nitrogens with one attached hydrogen (secondary N) is 1. The van der Waals surface area contributed by atoms with E-state index in [1.54, 1.807) is 0 Å². The van der Waals surface area contributed by atoms with Crippen LogP contribution in [0, 0.1) is 0 Å². The molecule has 1 aromatic carbocycles. The summed E-state index contributed by atoms with van der Waals surface area (Å²) in [5.41, 5.74) is 1.37. The number of rotatable bonds is 8. The maximum absolute atomic E-state index is 3.92. The summed E-state index contributed by atoms with van der Waals surface area (Å²) in [6.45, 7) is 8.35. The number of benzene rings is 1. The lowest BCUT2D eigenvalue weighted by atomic mass is 9.96. The minimum absolute atomic E-state index is 0.482. The van der Waals surface area contributed by atoms with Gasteiger partial charge in [-0.2, -0.15) is 0 Å². The molecular weight excluding hydrogens is 194 g/mol. The zero-order valence-corrected chi connectivity index (χ0v) is 10.3. The largest absolute Gasteiger partial charge is 0.317 e. The highest BCUT2D eigenvalue weighted by molar-refractivity contribution is 5.22. The van der Waals surface area contributed by atoms with Crippen LogP contribution in [0.15, 0.2) is 43.0 Å². The molecule has 0 bridgehead atoms. The number of hydrogen-bond donors (Lipinski definition) is 1. The Morgan fingerprint density at radius 2 is 2.00 bits per heavy atom. The molecule has 1 heteroatoms. The zero-order valence-electron chi connectivity index (χ0n) is 10.3. The lowest BCUT2D eigenvalue weighted by Crippen LogP contribution is -2.18. The molecule has 0 fully saturated rings. The van der Waals surface area contributed by atoms with Crippen molar-refractivity contribution < 1.29 is 0 Å². The molecule has 0 amide bonds. The molecule has 1 nitrogen and oxygen atoms in total. The quantitative estimate of drug-likeness (QED) is 0.517. The second-order valence-electron chi connectivity index (χ2n) is 4.15. The first-order valence-corrected chi connectivity index (χ1v) is 6.26. The Hall–Kier alpha value is -1.08. The lowest BCUT2D eigenvalue weighted by Gasteiger charge is -2.13. The highest BCUT2D eigenvalue weighted by Gasteiger charge is 2.05.